The van der Waals surface area contributed by atoms with Crippen molar-refractivity contribution in [1.82, 2.24) is 0 Å². The number of rotatable bonds is 0. The molecule has 0 spiro atoms. The molecular weight excluding hydrogens is 296 g/mol. The highest BCUT2D eigenvalue weighted by Crippen LogP contribution is 2.56. The molecule has 0 radical (unpaired) electrons. The van der Waals surface area contributed by atoms with E-state index in [0.29, 0.717) is 0 Å². The van der Waals surface area contributed by atoms with Crippen molar-refractivity contribution in [2.75, 3.05) is 0 Å². The van der Waals surface area contributed by atoms with Crippen LogP contribution in [0.25, 0.3) is 20.2 Å². The molecule has 0 saturated heterocycles. The Kier molecular flexibility index (Phi) is 2.55. The quantitative estimate of drug-likeness (QED) is 0.280. The molecule has 0 fully saturated rings. The third-order valence-corrected chi connectivity index (χ3v) is 4.88. The fourth-order valence-corrected chi connectivity index (χ4v) is 3.58. The molecule has 0 aliphatic rings. The van der Waals surface area contributed by atoms with Gasteiger partial charge >= 0.3 is 0 Å². The van der Waals surface area contributed by atoms with E-state index in [1.807, 2.05) is 0 Å². The average Bonchev–Trinajstić information content (AvgIpc) is 2.87. The highest BCUT2D eigenvalue weighted by molar-refractivity contribution is 7.26. The van der Waals surface area contributed by atoms with Gasteiger partial charge < -0.3 is 30.6 Å². The molecule has 6 nitrogen and oxygen atoms in total. The summed E-state index contributed by atoms with van der Waals surface area (Å²) in [5.41, 5.74) is 0.119. The molecule has 21 heavy (non-hydrogen) atoms. The first-order valence-corrected chi connectivity index (χ1v) is 6.82. The van der Waals surface area contributed by atoms with E-state index in [9.17, 15) is 30.6 Å². The van der Waals surface area contributed by atoms with Gasteiger partial charge in [-0.05, 0) is 13.8 Å². The molecule has 0 aliphatic heterocycles. The van der Waals surface area contributed by atoms with Crippen molar-refractivity contribution in [3.8, 4) is 34.5 Å². The fraction of sp³-hybridized carbons (Fsp3) is 0.143. The van der Waals surface area contributed by atoms with E-state index in [2.05, 4.69) is 0 Å². The molecule has 7 heteroatoms. The van der Waals surface area contributed by atoms with Crippen molar-refractivity contribution in [2.45, 2.75) is 13.8 Å². The minimum Gasteiger partial charge on any atom is -0.507 e. The van der Waals surface area contributed by atoms with Crippen LogP contribution in [0.4, 0.5) is 0 Å². The van der Waals surface area contributed by atoms with Gasteiger partial charge in [-0.1, -0.05) is 0 Å². The number of phenols is 6. The van der Waals surface area contributed by atoms with Crippen LogP contribution in [0.1, 0.15) is 11.1 Å². The van der Waals surface area contributed by atoms with Gasteiger partial charge in [-0.25, -0.2) is 0 Å². The zero-order valence-corrected chi connectivity index (χ0v) is 11.9. The van der Waals surface area contributed by atoms with Crippen LogP contribution in [-0.4, -0.2) is 30.6 Å². The second kappa shape index (κ2) is 3.98. The summed E-state index contributed by atoms with van der Waals surface area (Å²) < 4.78 is 0.224. The van der Waals surface area contributed by atoms with E-state index in [1.54, 1.807) is 0 Å². The normalized spacial score (nSPS) is 11.5. The van der Waals surface area contributed by atoms with E-state index in [4.69, 9.17) is 0 Å². The first-order chi connectivity index (χ1) is 9.77. The van der Waals surface area contributed by atoms with E-state index < -0.39 is 23.0 Å². The molecule has 0 saturated carbocycles. The highest BCUT2D eigenvalue weighted by atomic mass is 32.1. The van der Waals surface area contributed by atoms with Crippen molar-refractivity contribution < 1.29 is 30.6 Å². The number of thiophene rings is 1. The smallest absolute Gasteiger partial charge is 0.176 e. The fourth-order valence-electron chi connectivity index (χ4n) is 2.39. The van der Waals surface area contributed by atoms with E-state index in [0.717, 1.165) is 11.3 Å². The van der Waals surface area contributed by atoms with Crippen molar-refractivity contribution in [3.05, 3.63) is 11.1 Å². The second-order valence-corrected chi connectivity index (χ2v) is 5.87. The Labute approximate surface area is 122 Å². The monoisotopic (exact) mass is 308 g/mol. The van der Waals surface area contributed by atoms with E-state index in [-0.39, 0.29) is 42.8 Å². The molecule has 0 atom stereocenters. The molecule has 0 unspecified atom stereocenters. The molecule has 1 heterocycles. The highest BCUT2D eigenvalue weighted by Gasteiger charge is 2.26. The zero-order chi connectivity index (χ0) is 15.6. The van der Waals surface area contributed by atoms with Crippen molar-refractivity contribution in [3.63, 3.8) is 0 Å². The molecule has 3 aromatic rings. The number of hydrogen-bond donors (Lipinski definition) is 6. The predicted octanol–water partition coefficient (Wildman–Crippen LogP) is 2.90. The molecule has 2 aromatic carbocycles. The minimum absolute atomic E-state index is 0.0596. The average molecular weight is 308 g/mol. The van der Waals surface area contributed by atoms with Crippen LogP contribution >= 0.6 is 11.3 Å². The lowest BCUT2D eigenvalue weighted by molar-refractivity contribution is 0.398. The summed E-state index contributed by atoms with van der Waals surface area (Å²) in [7, 11) is 0. The van der Waals surface area contributed by atoms with Gasteiger partial charge in [0.25, 0.3) is 0 Å². The molecular formula is C14H12O6S. The zero-order valence-electron chi connectivity index (χ0n) is 11.1. The SMILES string of the molecule is Cc1c(O)c(O)c2sc3c(O)c(O)c(C)c(O)c3c2c1O. The number of hydrogen-bond acceptors (Lipinski definition) is 7. The summed E-state index contributed by atoms with van der Waals surface area (Å²) in [6, 6.07) is 0. The molecule has 0 amide bonds. The van der Waals surface area contributed by atoms with Crippen LogP contribution in [0.5, 0.6) is 34.5 Å². The lowest BCUT2D eigenvalue weighted by Crippen LogP contribution is -1.82. The topological polar surface area (TPSA) is 121 Å². The summed E-state index contributed by atoms with van der Waals surface area (Å²) in [5, 5.41) is 60.2. The number of fused-ring (bicyclic) bond motifs is 3. The van der Waals surface area contributed by atoms with Gasteiger partial charge in [0.1, 0.15) is 11.5 Å². The van der Waals surface area contributed by atoms with Crippen molar-refractivity contribution in [1.29, 1.82) is 0 Å². The van der Waals surface area contributed by atoms with Gasteiger partial charge in [0.05, 0.1) is 20.2 Å². The predicted molar refractivity (Wildman–Crippen MR) is 78.8 cm³/mol. The lowest BCUT2D eigenvalue weighted by atomic mass is 10.0. The van der Waals surface area contributed by atoms with Gasteiger partial charge in [-0.3, -0.25) is 0 Å². The van der Waals surface area contributed by atoms with Crippen LogP contribution < -0.4 is 0 Å². The third kappa shape index (κ3) is 1.46. The second-order valence-electron chi connectivity index (χ2n) is 4.85. The molecule has 0 aliphatic carbocycles. The van der Waals surface area contributed by atoms with Crippen LogP contribution in [0, 0.1) is 13.8 Å². The standard InChI is InChI=1S/C14H12O6S/c1-3-7(15)5-6-8(16)4(2)10(18)12(20)14(6)21-13(5)11(19)9(3)17/h15-20H,1-2H3. The maximum Gasteiger partial charge on any atom is 0.176 e. The van der Waals surface area contributed by atoms with Crippen LogP contribution in [-0.2, 0) is 0 Å². The maximum atomic E-state index is 10.2. The van der Waals surface area contributed by atoms with Crippen LogP contribution in [0.15, 0.2) is 0 Å². The number of aromatic hydroxyl groups is 6. The van der Waals surface area contributed by atoms with Gasteiger partial charge in [-0.2, -0.15) is 0 Å². The van der Waals surface area contributed by atoms with Crippen molar-refractivity contribution >= 4 is 31.5 Å². The number of phenolic OH excluding ortho intramolecular Hbond substituents is 6. The largest absolute Gasteiger partial charge is 0.507 e. The Morgan fingerprint density at radius 3 is 1.19 bits per heavy atom. The first-order valence-electron chi connectivity index (χ1n) is 6.00. The number of benzene rings is 2. The molecule has 1 aromatic heterocycles. The maximum absolute atomic E-state index is 10.2. The Bertz CT molecular complexity index is 851. The van der Waals surface area contributed by atoms with E-state index >= 15 is 0 Å². The Hall–Kier alpha value is -2.54. The summed E-state index contributed by atoms with van der Waals surface area (Å²) in [6.45, 7) is 2.83. The van der Waals surface area contributed by atoms with Crippen molar-refractivity contribution in [2.24, 2.45) is 0 Å². The minimum atomic E-state index is -0.466. The summed E-state index contributed by atoms with van der Waals surface area (Å²) >= 11 is 0.849. The first kappa shape index (κ1) is 13.4. The third-order valence-electron chi connectivity index (χ3n) is 3.68. The molecule has 6 N–H and O–H groups in total. The van der Waals surface area contributed by atoms with Gasteiger partial charge in [0.2, 0.25) is 0 Å². The molecule has 110 valence electrons. The molecule has 0 bridgehead atoms. The Balaban J connectivity index is 2.73. The summed E-state index contributed by atoms with van der Waals surface area (Å²) in [5.74, 6) is -2.43. The van der Waals surface area contributed by atoms with E-state index in [1.165, 1.54) is 13.8 Å². The summed E-state index contributed by atoms with van der Waals surface area (Å²) in [4.78, 5) is 0. The van der Waals surface area contributed by atoms with Crippen LogP contribution in [0.3, 0.4) is 0 Å². The summed E-state index contributed by atoms with van der Waals surface area (Å²) in [6.07, 6.45) is 0. The van der Waals surface area contributed by atoms with Gasteiger partial charge in [0.15, 0.2) is 23.0 Å². The van der Waals surface area contributed by atoms with Crippen LogP contribution in [0.2, 0.25) is 0 Å². The van der Waals surface area contributed by atoms with Gasteiger partial charge in [-0.15, -0.1) is 11.3 Å². The molecule has 3 rings (SSSR count). The lowest BCUT2D eigenvalue weighted by Gasteiger charge is -2.09. The Morgan fingerprint density at radius 2 is 0.857 bits per heavy atom. The Morgan fingerprint density at radius 1 is 0.524 bits per heavy atom. The van der Waals surface area contributed by atoms with Gasteiger partial charge in [0, 0.05) is 11.1 Å².